The number of nitrogens with one attached hydrogen (secondary N) is 1. The molecule has 31 heavy (non-hydrogen) atoms. The molecule has 1 aliphatic carbocycles. The summed E-state index contributed by atoms with van der Waals surface area (Å²) in [4.78, 5) is 30.8. The van der Waals surface area contributed by atoms with Gasteiger partial charge < -0.3 is 19.7 Å². The minimum Gasteiger partial charge on any atom is -0.475 e. The summed E-state index contributed by atoms with van der Waals surface area (Å²) >= 11 is 0. The fourth-order valence-corrected chi connectivity index (χ4v) is 3.44. The Morgan fingerprint density at radius 3 is 2.42 bits per heavy atom. The zero-order chi connectivity index (χ0) is 22.4. The third-order valence-corrected chi connectivity index (χ3v) is 5.25. The van der Waals surface area contributed by atoms with E-state index in [1.807, 2.05) is 41.6 Å². The Morgan fingerprint density at radius 2 is 1.87 bits per heavy atom. The van der Waals surface area contributed by atoms with Crippen molar-refractivity contribution in [2.45, 2.75) is 44.0 Å². The quantitative estimate of drug-likeness (QED) is 0.720. The second-order valence-corrected chi connectivity index (χ2v) is 7.62. The number of hydrogen-bond acceptors (Lipinski definition) is 4. The summed E-state index contributed by atoms with van der Waals surface area (Å²) < 4.78 is 37.9. The van der Waals surface area contributed by atoms with E-state index in [4.69, 9.17) is 14.6 Å². The van der Waals surface area contributed by atoms with Crippen LogP contribution >= 0.6 is 0 Å². The number of hydrogen-bond donors (Lipinski definition) is 2. The largest absolute Gasteiger partial charge is 0.490 e. The highest BCUT2D eigenvalue weighted by Gasteiger charge is 2.39. The smallest absolute Gasteiger partial charge is 0.475 e. The lowest BCUT2D eigenvalue weighted by Gasteiger charge is -2.28. The summed E-state index contributed by atoms with van der Waals surface area (Å²) in [5.41, 5.74) is 1.85. The van der Waals surface area contributed by atoms with Gasteiger partial charge in [-0.3, -0.25) is 9.78 Å². The van der Waals surface area contributed by atoms with Crippen LogP contribution in [0.3, 0.4) is 0 Å². The molecule has 1 amide bonds. The number of halogens is 3. The molecule has 168 valence electrons. The maximum absolute atomic E-state index is 12.8. The van der Waals surface area contributed by atoms with Crippen molar-refractivity contribution in [1.29, 1.82) is 0 Å². The average Bonchev–Trinajstić information content (AvgIpc) is 3.23. The number of aromatic amines is 1. The number of H-pyrrole nitrogens is 1. The number of ether oxygens (including phenoxy) is 1. The number of pyridine rings is 1. The molecule has 1 saturated heterocycles. The lowest BCUT2D eigenvalue weighted by molar-refractivity contribution is -0.192. The topological polar surface area (TPSA) is 95.5 Å². The highest BCUT2D eigenvalue weighted by atomic mass is 19.4. The predicted molar refractivity (Wildman–Crippen MR) is 104 cm³/mol. The first-order valence-electron chi connectivity index (χ1n) is 10.0. The van der Waals surface area contributed by atoms with Crippen molar-refractivity contribution in [3.05, 3.63) is 54.1 Å². The van der Waals surface area contributed by atoms with E-state index in [2.05, 4.69) is 9.97 Å². The monoisotopic (exact) mass is 439 g/mol. The van der Waals surface area contributed by atoms with Gasteiger partial charge in [0.2, 0.25) is 0 Å². The molecule has 0 spiro atoms. The van der Waals surface area contributed by atoms with Crippen LogP contribution in [0.4, 0.5) is 13.2 Å². The van der Waals surface area contributed by atoms with Gasteiger partial charge in [-0.1, -0.05) is 0 Å². The third-order valence-electron chi connectivity index (χ3n) is 5.25. The van der Waals surface area contributed by atoms with E-state index in [1.165, 1.54) is 18.4 Å². The molecule has 1 aliphatic heterocycles. The zero-order valence-corrected chi connectivity index (χ0v) is 16.7. The summed E-state index contributed by atoms with van der Waals surface area (Å²) in [5, 5.41) is 7.12. The molecule has 4 rings (SSSR count). The Balaban J connectivity index is 0.000000339. The van der Waals surface area contributed by atoms with Crippen molar-refractivity contribution in [3.63, 3.8) is 0 Å². The predicted octanol–water partition coefficient (Wildman–Crippen LogP) is 3.30. The number of carboxylic acid groups (broad SMARTS) is 1. The number of aromatic nitrogens is 2. The third kappa shape index (κ3) is 6.55. The minimum absolute atomic E-state index is 0.0663. The number of carbonyl (C=O) groups is 2. The van der Waals surface area contributed by atoms with E-state index >= 15 is 0 Å². The molecule has 10 heteroatoms. The summed E-state index contributed by atoms with van der Waals surface area (Å²) in [6.45, 7) is 1.59. The summed E-state index contributed by atoms with van der Waals surface area (Å²) in [6.07, 6.45) is 4.74. The fraction of sp³-hybridized carbons (Fsp3) is 0.476. The fourth-order valence-electron chi connectivity index (χ4n) is 3.44. The maximum atomic E-state index is 12.8. The van der Waals surface area contributed by atoms with Gasteiger partial charge in [-0.2, -0.15) is 13.2 Å². The second-order valence-electron chi connectivity index (χ2n) is 7.62. The van der Waals surface area contributed by atoms with E-state index < -0.39 is 12.1 Å². The molecule has 7 nitrogen and oxygen atoms in total. The number of carbonyl (C=O) groups excluding carboxylic acids is 1. The average molecular weight is 439 g/mol. The van der Waals surface area contributed by atoms with Crippen LogP contribution in [0.15, 0.2) is 42.9 Å². The van der Waals surface area contributed by atoms with Gasteiger partial charge >= 0.3 is 12.1 Å². The Kier molecular flexibility index (Phi) is 7.32. The highest BCUT2D eigenvalue weighted by molar-refractivity contribution is 5.92. The first kappa shape index (κ1) is 22.8. The van der Waals surface area contributed by atoms with E-state index in [9.17, 15) is 18.0 Å². The number of alkyl halides is 3. The van der Waals surface area contributed by atoms with Crippen LogP contribution in [-0.4, -0.2) is 63.3 Å². The van der Waals surface area contributed by atoms with Crippen LogP contribution in [0.1, 0.15) is 35.3 Å². The molecule has 0 aromatic carbocycles. The van der Waals surface area contributed by atoms with Crippen LogP contribution in [0.5, 0.6) is 0 Å². The first-order chi connectivity index (χ1) is 14.8. The molecular formula is C21H24F3N3O4. The van der Waals surface area contributed by atoms with Crippen LogP contribution in [0.25, 0.3) is 0 Å². The molecule has 2 atom stereocenters. The van der Waals surface area contributed by atoms with Crippen LogP contribution in [-0.2, 0) is 16.0 Å². The number of nitrogens with zero attached hydrogens (tertiary/aromatic N) is 2. The highest BCUT2D eigenvalue weighted by Crippen LogP contribution is 2.32. The Bertz CT molecular complexity index is 855. The SMILES string of the molecule is O=C(O)C(F)(F)F.O=C(c1ccc[nH]1)N1CC[C@H](OCC2CC2)[C@@H]1Cc1ccncc1. The lowest BCUT2D eigenvalue weighted by atomic mass is 10.0. The molecule has 2 N–H and O–H groups in total. The normalized spacial score (nSPS) is 20.8. The van der Waals surface area contributed by atoms with Crippen molar-refractivity contribution >= 4 is 11.9 Å². The van der Waals surface area contributed by atoms with Crippen LogP contribution in [0, 0.1) is 5.92 Å². The lowest BCUT2D eigenvalue weighted by Crippen LogP contribution is -2.42. The van der Waals surface area contributed by atoms with Gasteiger partial charge in [0.25, 0.3) is 5.91 Å². The number of carboxylic acids is 1. The second kappa shape index (κ2) is 9.95. The number of rotatable bonds is 6. The number of amides is 1. The van der Waals surface area contributed by atoms with Crippen LogP contribution in [0.2, 0.25) is 0 Å². The molecule has 3 heterocycles. The first-order valence-corrected chi connectivity index (χ1v) is 10.0. The van der Waals surface area contributed by atoms with Crippen molar-refractivity contribution in [1.82, 2.24) is 14.9 Å². The minimum atomic E-state index is -5.08. The molecular weight excluding hydrogens is 415 g/mol. The van der Waals surface area contributed by atoms with Gasteiger partial charge in [-0.05, 0) is 61.4 Å². The number of aliphatic carboxylic acids is 1. The van der Waals surface area contributed by atoms with Gasteiger partial charge in [0.1, 0.15) is 5.69 Å². The standard InChI is InChI=1S/C19H23N3O2.C2HF3O2/c23-19(16-2-1-8-21-16)22-11-7-18(24-13-15-3-4-15)17(22)12-14-5-9-20-10-6-14;3-2(4,5)1(6)7/h1-2,5-6,8-10,15,17-18,21H,3-4,7,11-13H2;(H,6,7)/t17-,18-;/m0./s1. The Morgan fingerprint density at radius 1 is 1.19 bits per heavy atom. The van der Waals surface area contributed by atoms with Crippen molar-refractivity contribution < 1.29 is 32.6 Å². The van der Waals surface area contributed by atoms with Gasteiger partial charge in [-0.15, -0.1) is 0 Å². The summed E-state index contributed by atoms with van der Waals surface area (Å²) in [6, 6.07) is 7.83. The molecule has 0 bridgehead atoms. The molecule has 0 unspecified atom stereocenters. The van der Waals surface area contributed by atoms with Gasteiger partial charge in [0, 0.05) is 31.7 Å². The molecule has 1 saturated carbocycles. The molecule has 2 aliphatic rings. The molecule has 2 fully saturated rings. The summed E-state index contributed by atoms with van der Waals surface area (Å²) in [7, 11) is 0. The van der Waals surface area contributed by atoms with Crippen molar-refractivity contribution in [2.24, 2.45) is 5.92 Å². The van der Waals surface area contributed by atoms with Crippen molar-refractivity contribution in [2.75, 3.05) is 13.2 Å². The van der Waals surface area contributed by atoms with Gasteiger partial charge in [-0.25, -0.2) is 4.79 Å². The van der Waals surface area contributed by atoms with E-state index in [0.29, 0.717) is 5.69 Å². The van der Waals surface area contributed by atoms with E-state index in [0.717, 1.165) is 31.9 Å². The van der Waals surface area contributed by atoms with Gasteiger partial charge in [0.15, 0.2) is 0 Å². The van der Waals surface area contributed by atoms with Crippen LogP contribution < -0.4 is 0 Å². The Labute approximate surface area is 177 Å². The van der Waals surface area contributed by atoms with E-state index in [1.54, 1.807) is 6.20 Å². The zero-order valence-electron chi connectivity index (χ0n) is 16.7. The van der Waals surface area contributed by atoms with Gasteiger partial charge in [0.05, 0.1) is 12.1 Å². The van der Waals surface area contributed by atoms with Crippen molar-refractivity contribution in [3.8, 4) is 0 Å². The van der Waals surface area contributed by atoms with E-state index in [-0.39, 0.29) is 18.1 Å². The molecule has 2 aromatic rings. The summed E-state index contributed by atoms with van der Waals surface area (Å²) in [5.74, 6) is -1.95. The molecule has 2 aromatic heterocycles. The molecule has 0 radical (unpaired) electrons. The number of likely N-dealkylation sites (tertiary alicyclic amines) is 1. The Hall–Kier alpha value is -2.88. The maximum Gasteiger partial charge on any atom is 0.490 e.